The summed E-state index contributed by atoms with van der Waals surface area (Å²) in [5.74, 6) is 0.328. The lowest BCUT2D eigenvalue weighted by Crippen LogP contribution is -2.26. The van der Waals surface area contributed by atoms with Crippen LogP contribution < -0.4 is 19.1 Å². The number of ether oxygens (including phenoxy) is 2. The molecule has 0 bridgehead atoms. The number of esters is 1. The van der Waals surface area contributed by atoms with Gasteiger partial charge in [0.05, 0.1) is 22.7 Å². The molecule has 0 unspecified atom stereocenters. The molecule has 1 amide bonds. The average molecular weight is 487 g/mol. The number of amides is 1. The fraction of sp³-hybridized carbons (Fsp3) is 0.217. The first kappa shape index (κ1) is 22.8. The van der Waals surface area contributed by atoms with Crippen molar-refractivity contribution in [3.05, 3.63) is 65.5 Å². The maximum absolute atomic E-state index is 12.9. The minimum atomic E-state index is -3.77. The smallest absolute Gasteiger partial charge is 0.353 e. The van der Waals surface area contributed by atoms with Crippen molar-refractivity contribution in [1.29, 1.82) is 0 Å². The zero-order chi connectivity index (χ0) is 23.6. The summed E-state index contributed by atoms with van der Waals surface area (Å²) in [4.78, 5) is 24.8. The van der Waals surface area contributed by atoms with Crippen LogP contribution in [0.1, 0.15) is 22.5 Å². The zero-order valence-corrected chi connectivity index (χ0v) is 19.6. The Hall–Kier alpha value is -3.37. The van der Waals surface area contributed by atoms with Crippen LogP contribution in [0.3, 0.4) is 0 Å². The molecule has 1 aliphatic carbocycles. The molecule has 1 aromatic heterocycles. The summed E-state index contributed by atoms with van der Waals surface area (Å²) in [5, 5.41) is 3.40. The van der Waals surface area contributed by atoms with Gasteiger partial charge >= 0.3 is 5.97 Å². The summed E-state index contributed by atoms with van der Waals surface area (Å²) in [6.45, 7) is 0. The fourth-order valence-corrected chi connectivity index (χ4v) is 4.99. The first-order valence-electron chi connectivity index (χ1n) is 10.1. The largest absolute Gasteiger partial charge is 0.497 e. The van der Waals surface area contributed by atoms with Crippen LogP contribution in [-0.4, -0.2) is 34.5 Å². The van der Waals surface area contributed by atoms with Gasteiger partial charge in [0.1, 0.15) is 16.4 Å². The molecule has 0 atom stereocenters. The van der Waals surface area contributed by atoms with Crippen molar-refractivity contribution in [3.8, 4) is 11.5 Å². The molecule has 0 radical (unpaired) electrons. The molecule has 8 nitrogen and oxygen atoms in total. The lowest BCUT2D eigenvalue weighted by molar-refractivity contribution is -0.117. The van der Waals surface area contributed by atoms with E-state index in [1.54, 1.807) is 36.4 Å². The maximum atomic E-state index is 12.9. The maximum Gasteiger partial charge on any atom is 0.353 e. The SMILES string of the molecule is COc1ccc(S(=O)(=O)N(C)c2ccc(OC(=O)c3ccc(NC(=O)C4CC4)s3)cc2)cc1. The highest BCUT2D eigenvalue weighted by atomic mass is 32.2. The van der Waals surface area contributed by atoms with Gasteiger partial charge in [-0.3, -0.25) is 9.10 Å². The van der Waals surface area contributed by atoms with Crippen LogP contribution in [0.2, 0.25) is 0 Å². The number of thiophene rings is 1. The van der Waals surface area contributed by atoms with Crippen LogP contribution in [0.15, 0.2) is 65.6 Å². The lowest BCUT2D eigenvalue weighted by atomic mass is 10.3. The van der Waals surface area contributed by atoms with E-state index in [4.69, 9.17) is 9.47 Å². The molecule has 0 saturated heterocycles. The van der Waals surface area contributed by atoms with Gasteiger partial charge in [0, 0.05) is 13.0 Å². The summed E-state index contributed by atoms with van der Waals surface area (Å²) in [5.41, 5.74) is 0.409. The van der Waals surface area contributed by atoms with Crippen molar-refractivity contribution in [2.24, 2.45) is 5.92 Å². The Balaban J connectivity index is 1.40. The van der Waals surface area contributed by atoms with Crippen LogP contribution in [0.4, 0.5) is 10.7 Å². The number of sulfonamides is 1. The van der Waals surface area contributed by atoms with Crippen LogP contribution >= 0.6 is 11.3 Å². The molecule has 3 aromatic rings. The summed E-state index contributed by atoms with van der Waals surface area (Å²) in [6.07, 6.45) is 1.80. The van der Waals surface area contributed by atoms with Crippen LogP contribution in [0, 0.1) is 5.92 Å². The van der Waals surface area contributed by atoms with Gasteiger partial charge in [0.2, 0.25) is 5.91 Å². The first-order valence-corrected chi connectivity index (χ1v) is 12.4. The number of carbonyl (C=O) groups excluding carboxylic acids is 2. The highest BCUT2D eigenvalue weighted by Crippen LogP contribution is 2.32. The van der Waals surface area contributed by atoms with Crippen molar-refractivity contribution in [3.63, 3.8) is 0 Å². The monoisotopic (exact) mass is 486 g/mol. The second-order valence-electron chi connectivity index (χ2n) is 7.46. The summed E-state index contributed by atoms with van der Waals surface area (Å²) in [7, 11) is -0.811. The Morgan fingerprint density at radius 2 is 1.61 bits per heavy atom. The number of nitrogens with one attached hydrogen (secondary N) is 1. The van der Waals surface area contributed by atoms with Crippen molar-refractivity contribution in [1.82, 2.24) is 0 Å². The molecule has 4 rings (SSSR count). The van der Waals surface area contributed by atoms with E-state index >= 15 is 0 Å². The molecule has 10 heteroatoms. The topological polar surface area (TPSA) is 102 Å². The predicted molar refractivity (Wildman–Crippen MR) is 126 cm³/mol. The Kier molecular flexibility index (Phi) is 6.39. The van der Waals surface area contributed by atoms with Crippen molar-refractivity contribution < 1.29 is 27.5 Å². The lowest BCUT2D eigenvalue weighted by Gasteiger charge is -2.20. The van der Waals surface area contributed by atoms with Gasteiger partial charge in [-0.05, 0) is 73.5 Å². The number of hydrogen-bond acceptors (Lipinski definition) is 7. The normalized spacial score (nSPS) is 13.3. The molecule has 0 aliphatic heterocycles. The quantitative estimate of drug-likeness (QED) is 0.379. The highest BCUT2D eigenvalue weighted by Gasteiger charge is 2.30. The molecular formula is C23H22N2O6S2. The molecule has 172 valence electrons. The third-order valence-electron chi connectivity index (χ3n) is 5.13. The number of nitrogens with zero attached hydrogens (tertiary/aromatic N) is 1. The number of hydrogen-bond donors (Lipinski definition) is 1. The Labute approximate surface area is 195 Å². The standard InChI is InChI=1S/C23H22N2O6S2/c1-25(33(28,29)19-11-9-17(30-2)10-12-19)16-5-7-18(8-6-16)31-23(27)20-13-14-21(32-20)24-22(26)15-3-4-15/h5-15H,3-4H2,1-2H3,(H,24,26). The van der Waals surface area contributed by atoms with Crippen LogP contribution in [-0.2, 0) is 14.8 Å². The van der Waals surface area contributed by atoms with Gasteiger partial charge in [0.15, 0.2) is 0 Å². The van der Waals surface area contributed by atoms with Crippen molar-refractivity contribution in [2.45, 2.75) is 17.7 Å². The van der Waals surface area contributed by atoms with Gasteiger partial charge in [-0.1, -0.05) is 0 Å². The Morgan fingerprint density at radius 3 is 2.21 bits per heavy atom. The number of carbonyl (C=O) groups is 2. The number of anilines is 2. The molecule has 2 aromatic carbocycles. The molecule has 1 aliphatic rings. The van der Waals surface area contributed by atoms with Gasteiger partial charge < -0.3 is 14.8 Å². The second kappa shape index (κ2) is 9.24. The van der Waals surface area contributed by atoms with E-state index in [1.165, 1.54) is 38.4 Å². The molecule has 0 spiro atoms. The van der Waals surface area contributed by atoms with E-state index in [0.717, 1.165) is 28.5 Å². The molecule has 1 fully saturated rings. The highest BCUT2D eigenvalue weighted by molar-refractivity contribution is 7.92. The van der Waals surface area contributed by atoms with Crippen LogP contribution in [0.5, 0.6) is 11.5 Å². The van der Waals surface area contributed by atoms with Gasteiger partial charge in [0.25, 0.3) is 10.0 Å². The number of methoxy groups -OCH3 is 1. The van der Waals surface area contributed by atoms with E-state index in [-0.39, 0.29) is 22.5 Å². The van der Waals surface area contributed by atoms with E-state index in [0.29, 0.717) is 21.3 Å². The van der Waals surface area contributed by atoms with E-state index < -0.39 is 16.0 Å². The van der Waals surface area contributed by atoms with E-state index in [2.05, 4.69) is 5.32 Å². The van der Waals surface area contributed by atoms with Gasteiger partial charge in [-0.25, -0.2) is 13.2 Å². The molecule has 1 saturated carbocycles. The summed E-state index contributed by atoms with van der Waals surface area (Å²) >= 11 is 1.14. The number of benzene rings is 2. The number of rotatable bonds is 8. The molecule has 33 heavy (non-hydrogen) atoms. The van der Waals surface area contributed by atoms with Crippen molar-refractivity contribution >= 4 is 43.9 Å². The van der Waals surface area contributed by atoms with Gasteiger partial charge in [-0.2, -0.15) is 0 Å². The zero-order valence-electron chi connectivity index (χ0n) is 18.0. The molecule has 1 heterocycles. The minimum Gasteiger partial charge on any atom is -0.497 e. The predicted octanol–water partition coefficient (Wildman–Crippen LogP) is 4.15. The average Bonchev–Trinajstić information content (AvgIpc) is 3.58. The Morgan fingerprint density at radius 1 is 0.970 bits per heavy atom. The van der Waals surface area contributed by atoms with E-state index in [9.17, 15) is 18.0 Å². The molecule has 1 N–H and O–H groups in total. The second-order valence-corrected chi connectivity index (χ2v) is 10.5. The van der Waals surface area contributed by atoms with E-state index in [1.807, 2.05) is 0 Å². The fourth-order valence-electron chi connectivity index (χ4n) is 3.01. The van der Waals surface area contributed by atoms with Crippen molar-refractivity contribution in [2.75, 3.05) is 23.8 Å². The van der Waals surface area contributed by atoms with Gasteiger partial charge in [-0.15, -0.1) is 11.3 Å². The minimum absolute atomic E-state index is 0.0268. The third kappa shape index (κ3) is 5.18. The Bertz CT molecular complexity index is 1260. The van der Waals surface area contributed by atoms with Crippen LogP contribution in [0.25, 0.3) is 0 Å². The third-order valence-corrected chi connectivity index (χ3v) is 7.91. The first-order chi connectivity index (χ1) is 15.8. The molecular weight excluding hydrogens is 464 g/mol. The summed E-state index contributed by atoms with van der Waals surface area (Å²) in [6, 6.07) is 15.5. The summed E-state index contributed by atoms with van der Waals surface area (Å²) < 4.78 is 37.4.